The van der Waals surface area contributed by atoms with Crippen molar-refractivity contribution in [3.8, 4) is 23.0 Å². The third kappa shape index (κ3) is 6.08. The van der Waals surface area contributed by atoms with Crippen LogP contribution in [0.15, 0.2) is 86.0 Å². The van der Waals surface area contributed by atoms with Gasteiger partial charge in [0.05, 0.1) is 5.30 Å². The van der Waals surface area contributed by atoms with Gasteiger partial charge in [0.2, 0.25) is 0 Å². The molecule has 0 saturated heterocycles. The predicted octanol–water partition coefficient (Wildman–Crippen LogP) is 5.77. The number of carbonyl (C=O) groups is 2. The lowest BCUT2D eigenvalue weighted by Crippen LogP contribution is -2.21. The van der Waals surface area contributed by atoms with E-state index in [0.29, 0.717) is 16.4 Å². The Morgan fingerprint density at radius 3 is 1.46 bits per heavy atom. The molecule has 0 radical (unpaired) electrons. The van der Waals surface area contributed by atoms with Gasteiger partial charge in [0.15, 0.2) is 23.0 Å². The van der Waals surface area contributed by atoms with E-state index in [1.165, 1.54) is 24.3 Å². The lowest BCUT2D eigenvalue weighted by molar-refractivity contribution is -0.129. The minimum absolute atomic E-state index is 0.0194. The summed E-state index contributed by atoms with van der Waals surface area (Å²) in [5, 5.41) is 0.331. The molecule has 35 heavy (non-hydrogen) atoms. The number of aryl methyl sites for hydroxylation is 3. The maximum absolute atomic E-state index is 14.6. The molecular weight excluding hydrogens is 467 g/mol. The summed E-state index contributed by atoms with van der Waals surface area (Å²) in [4.78, 5) is 23.7. The van der Waals surface area contributed by atoms with Crippen LogP contribution in [-0.4, -0.2) is 11.9 Å². The molecule has 0 spiro atoms. The lowest BCUT2D eigenvalue weighted by Gasteiger charge is -2.25. The molecule has 0 bridgehead atoms. The zero-order valence-corrected chi connectivity index (χ0v) is 20.5. The average Bonchev–Trinajstić information content (AvgIpc) is 2.80. The molecule has 7 nitrogen and oxygen atoms in total. The van der Waals surface area contributed by atoms with Crippen LogP contribution in [0.2, 0.25) is 0 Å². The van der Waals surface area contributed by atoms with Gasteiger partial charge in [-0.15, -0.1) is 0 Å². The van der Waals surface area contributed by atoms with Crippen molar-refractivity contribution in [1.29, 1.82) is 0 Å². The minimum Gasteiger partial charge on any atom is -0.419 e. The molecule has 180 valence electrons. The Kier molecular flexibility index (Phi) is 7.94. The third-order valence-electron chi connectivity index (χ3n) is 4.80. The van der Waals surface area contributed by atoms with Gasteiger partial charge in [-0.1, -0.05) is 55.1 Å². The summed E-state index contributed by atoms with van der Waals surface area (Å²) in [6.45, 7) is 12.3. The van der Waals surface area contributed by atoms with Crippen LogP contribution >= 0.6 is 7.60 Å². The smallest absolute Gasteiger partial charge is 0.419 e. The average molecular weight is 492 g/mol. The summed E-state index contributed by atoms with van der Waals surface area (Å²) in [6, 6.07) is 16.3. The first kappa shape index (κ1) is 25.5. The summed E-state index contributed by atoms with van der Waals surface area (Å²) < 4.78 is 37.1. The molecule has 8 heteroatoms. The topological polar surface area (TPSA) is 88.1 Å². The van der Waals surface area contributed by atoms with Gasteiger partial charge in [-0.05, 0) is 56.2 Å². The van der Waals surface area contributed by atoms with Crippen molar-refractivity contribution in [2.24, 2.45) is 0 Å². The van der Waals surface area contributed by atoms with E-state index < -0.39 is 19.5 Å². The first-order chi connectivity index (χ1) is 16.7. The zero-order chi connectivity index (χ0) is 25.6. The van der Waals surface area contributed by atoms with Crippen molar-refractivity contribution in [2.45, 2.75) is 20.8 Å². The first-order valence-electron chi connectivity index (χ1n) is 10.6. The third-order valence-corrected chi connectivity index (χ3v) is 6.93. The van der Waals surface area contributed by atoms with Gasteiger partial charge >= 0.3 is 19.5 Å². The number of hydrogen-bond acceptors (Lipinski definition) is 7. The molecule has 3 aromatic carbocycles. The van der Waals surface area contributed by atoms with Crippen molar-refractivity contribution in [1.82, 2.24) is 0 Å². The number of benzene rings is 3. The van der Waals surface area contributed by atoms with E-state index in [4.69, 9.17) is 18.5 Å². The number of hydrogen-bond donors (Lipinski definition) is 0. The monoisotopic (exact) mass is 492 g/mol. The highest BCUT2D eigenvalue weighted by Gasteiger charge is 2.37. The van der Waals surface area contributed by atoms with Gasteiger partial charge in [0, 0.05) is 12.2 Å². The van der Waals surface area contributed by atoms with Crippen LogP contribution < -0.4 is 23.8 Å². The van der Waals surface area contributed by atoms with Gasteiger partial charge in [0.25, 0.3) is 0 Å². The van der Waals surface area contributed by atoms with E-state index in [2.05, 4.69) is 13.2 Å². The van der Waals surface area contributed by atoms with Crippen LogP contribution in [0.1, 0.15) is 16.7 Å². The van der Waals surface area contributed by atoms with E-state index in [0.717, 1.165) is 17.7 Å². The molecule has 0 saturated carbocycles. The molecule has 0 aliphatic rings. The van der Waals surface area contributed by atoms with Crippen LogP contribution in [0.25, 0.3) is 0 Å². The number of rotatable bonds is 9. The van der Waals surface area contributed by atoms with Gasteiger partial charge in [0.1, 0.15) is 0 Å². The van der Waals surface area contributed by atoms with Gasteiger partial charge < -0.3 is 18.5 Å². The fraction of sp³-hybridized carbons (Fsp3) is 0.111. The van der Waals surface area contributed by atoms with Crippen LogP contribution in [0.3, 0.4) is 0 Å². The van der Waals surface area contributed by atoms with Crippen molar-refractivity contribution >= 4 is 24.8 Å². The Bertz CT molecular complexity index is 1250. The van der Waals surface area contributed by atoms with E-state index in [-0.39, 0.29) is 23.0 Å². The second-order valence-electron chi connectivity index (χ2n) is 7.57. The minimum atomic E-state index is -4.20. The van der Waals surface area contributed by atoms with Crippen LogP contribution in [-0.2, 0) is 14.2 Å². The van der Waals surface area contributed by atoms with Gasteiger partial charge in [-0.25, -0.2) is 14.2 Å². The summed E-state index contributed by atoms with van der Waals surface area (Å²) in [7, 11) is -4.20. The fourth-order valence-corrected chi connectivity index (χ4v) is 5.53. The predicted molar refractivity (Wildman–Crippen MR) is 134 cm³/mol. The van der Waals surface area contributed by atoms with Crippen molar-refractivity contribution in [3.05, 3.63) is 103 Å². The fourth-order valence-electron chi connectivity index (χ4n) is 3.49. The largest absolute Gasteiger partial charge is 0.463 e. The summed E-state index contributed by atoms with van der Waals surface area (Å²) in [5.41, 5.74) is 2.31. The maximum atomic E-state index is 14.6. The van der Waals surface area contributed by atoms with Gasteiger partial charge in [-0.2, -0.15) is 0 Å². The first-order valence-corrected chi connectivity index (χ1v) is 12.2. The molecule has 0 unspecified atom stereocenters. The Morgan fingerprint density at radius 1 is 0.714 bits per heavy atom. The molecule has 0 amide bonds. The molecule has 0 fully saturated rings. The highest BCUT2D eigenvalue weighted by atomic mass is 31.2. The number of para-hydroxylation sites is 4. The van der Waals surface area contributed by atoms with E-state index in [1.807, 2.05) is 19.1 Å². The van der Waals surface area contributed by atoms with E-state index in [1.54, 1.807) is 38.1 Å². The standard InChI is InChI=1S/C27H25O7P/c1-6-25(28)31-21-12-8-10-14-23(21)33-35(30,27-19(4)16-18(3)17-20(27)5)34-24-15-11-9-13-22(24)32-26(29)7-2/h6-17H,1-2H2,3-5H3. The Morgan fingerprint density at radius 2 is 1.09 bits per heavy atom. The van der Waals surface area contributed by atoms with E-state index in [9.17, 15) is 14.2 Å². The second-order valence-corrected chi connectivity index (χ2v) is 9.38. The van der Waals surface area contributed by atoms with Crippen molar-refractivity contribution in [2.75, 3.05) is 0 Å². The van der Waals surface area contributed by atoms with Crippen LogP contribution in [0.5, 0.6) is 23.0 Å². The summed E-state index contributed by atoms with van der Waals surface area (Å²) >= 11 is 0. The van der Waals surface area contributed by atoms with Crippen LogP contribution in [0.4, 0.5) is 0 Å². The van der Waals surface area contributed by atoms with Crippen molar-refractivity contribution in [3.63, 3.8) is 0 Å². The highest BCUT2D eigenvalue weighted by Crippen LogP contribution is 2.52. The molecule has 0 aliphatic heterocycles. The molecule has 3 aromatic rings. The molecular formula is C27H25O7P. The maximum Gasteiger partial charge on any atom is 0.463 e. The summed E-state index contributed by atoms with van der Waals surface area (Å²) in [6.07, 6.45) is 2.01. The zero-order valence-electron chi connectivity index (χ0n) is 19.6. The van der Waals surface area contributed by atoms with Gasteiger partial charge in [-0.3, -0.25) is 0 Å². The Labute approximate surface area is 204 Å². The second kappa shape index (κ2) is 10.9. The van der Waals surface area contributed by atoms with Crippen molar-refractivity contribution < 1.29 is 32.7 Å². The number of esters is 2. The molecule has 0 atom stereocenters. The lowest BCUT2D eigenvalue weighted by atomic mass is 10.1. The van der Waals surface area contributed by atoms with Crippen LogP contribution in [0, 0.1) is 20.8 Å². The molecule has 0 heterocycles. The molecule has 0 N–H and O–H groups in total. The normalized spacial score (nSPS) is 10.7. The SMILES string of the molecule is C=CC(=O)Oc1ccccc1OP(=O)(Oc1ccccc1OC(=O)C=C)c1c(C)cc(C)cc1C. The molecule has 3 rings (SSSR count). The number of carbonyl (C=O) groups excluding carboxylic acids is 2. The molecule has 0 aliphatic carbocycles. The molecule has 0 aromatic heterocycles. The van der Waals surface area contributed by atoms with E-state index >= 15 is 0 Å². The quantitative estimate of drug-likeness (QED) is 0.162. The number of ether oxygens (including phenoxy) is 2. The summed E-state index contributed by atoms with van der Waals surface area (Å²) in [5.74, 6) is -1.30. The Balaban J connectivity index is 2.16. The highest BCUT2D eigenvalue weighted by molar-refractivity contribution is 7.63. The Hall–Kier alpha value is -4.09.